The van der Waals surface area contributed by atoms with Crippen LogP contribution in [0.2, 0.25) is 0 Å². The first kappa shape index (κ1) is 71.8. The molecule has 0 bridgehead atoms. The number of rotatable bonds is 44. The molecule has 3 aliphatic heterocycles. The van der Waals surface area contributed by atoms with Crippen molar-refractivity contribution >= 4 is 5.91 Å². The summed E-state index contributed by atoms with van der Waals surface area (Å²) in [6, 6.07) is -0.997. The van der Waals surface area contributed by atoms with Gasteiger partial charge in [-0.25, -0.2) is 0 Å². The Bertz CT molecular complexity index is 1700. The molecule has 12 N–H and O–H groups in total. The first-order valence-electron chi connectivity index (χ1n) is 30.5. The van der Waals surface area contributed by atoms with Gasteiger partial charge in [-0.05, 0) is 64.2 Å². The highest BCUT2D eigenvalue weighted by atomic mass is 16.8. The van der Waals surface area contributed by atoms with Gasteiger partial charge >= 0.3 is 0 Å². The van der Waals surface area contributed by atoms with Crippen LogP contribution in [-0.2, 0) is 33.2 Å². The number of carbonyl (C=O) groups excluding carboxylic acids is 1. The second kappa shape index (κ2) is 44.0. The van der Waals surface area contributed by atoms with Crippen LogP contribution in [0.15, 0.2) is 60.8 Å². The predicted molar refractivity (Wildman–Crippen MR) is 305 cm³/mol. The molecule has 0 radical (unpaired) electrons. The third-order valence-corrected chi connectivity index (χ3v) is 15.0. The zero-order chi connectivity index (χ0) is 58.3. The molecule has 3 rings (SSSR count). The summed E-state index contributed by atoms with van der Waals surface area (Å²) in [5, 5.41) is 120. The van der Waals surface area contributed by atoms with Gasteiger partial charge in [0, 0.05) is 6.42 Å². The molecule has 17 atom stereocenters. The lowest BCUT2D eigenvalue weighted by atomic mass is 9.96. The van der Waals surface area contributed by atoms with E-state index in [1.54, 1.807) is 6.08 Å². The molecule has 0 aromatic rings. The molecule has 0 spiro atoms. The van der Waals surface area contributed by atoms with Gasteiger partial charge in [0.1, 0.15) is 73.2 Å². The Morgan fingerprint density at radius 1 is 0.463 bits per heavy atom. The Labute approximate surface area is 477 Å². The summed E-state index contributed by atoms with van der Waals surface area (Å²) in [6.07, 6.45) is 23.4. The third-order valence-electron chi connectivity index (χ3n) is 15.0. The molecular weight excluding hydrogens is 1030 g/mol. The molecule has 0 aliphatic carbocycles. The monoisotopic (exact) mass is 1140 g/mol. The Hall–Kier alpha value is -2.51. The van der Waals surface area contributed by atoms with E-state index < -0.39 is 124 Å². The normalized spacial score (nSPS) is 30.4. The molecule has 80 heavy (non-hydrogen) atoms. The number of amides is 1. The van der Waals surface area contributed by atoms with Crippen molar-refractivity contribution in [2.75, 3.05) is 26.4 Å². The lowest BCUT2D eigenvalue weighted by molar-refractivity contribution is -0.379. The maximum atomic E-state index is 13.3. The van der Waals surface area contributed by atoms with E-state index in [2.05, 4.69) is 67.8 Å². The Kier molecular flexibility index (Phi) is 39.5. The molecule has 0 aromatic carbocycles. The summed E-state index contributed by atoms with van der Waals surface area (Å²) >= 11 is 0. The lowest BCUT2D eigenvalue weighted by Gasteiger charge is -2.48. The van der Waals surface area contributed by atoms with Crippen molar-refractivity contribution in [2.24, 2.45) is 0 Å². The minimum Gasteiger partial charge on any atom is -0.394 e. The van der Waals surface area contributed by atoms with E-state index in [1.165, 1.54) is 70.6 Å². The highest BCUT2D eigenvalue weighted by Gasteiger charge is 2.53. The number of allylic oxidation sites excluding steroid dienone is 9. The summed E-state index contributed by atoms with van der Waals surface area (Å²) in [6.45, 7) is 1.57. The fourth-order valence-electron chi connectivity index (χ4n) is 10.0. The van der Waals surface area contributed by atoms with Crippen molar-refractivity contribution in [1.29, 1.82) is 0 Å². The average molecular weight is 1140 g/mol. The van der Waals surface area contributed by atoms with Crippen molar-refractivity contribution in [1.82, 2.24) is 5.32 Å². The highest BCUT2D eigenvalue weighted by molar-refractivity contribution is 5.76. The molecule has 3 fully saturated rings. The first-order chi connectivity index (χ1) is 38.8. The van der Waals surface area contributed by atoms with E-state index in [4.69, 9.17) is 28.4 Å². The van der Waals surface area contributed by atoms with Crippen LogP contribution < -0.4 is 5.32 Å². The lowest BCUT2D eigenvalue weighted by Crippen LogP contribution is -2.66. The maximum Gasteiger partial charge on any atom is 0.220 e. The Morgan fingerprint density at radius 2 is 0.875 bits per heavy atom. The van der Waals surface area contributed by atoms with Crippen molar-refractivity contribution in [3.63, 3.8) is 0 Å². The zero-order valence-corrected chi connectivity index (χ0v) is 48.3. The summed E-state index contributed by atoms with van der Waals surface area (Å²) in [5.41, 5.74) is 0. The fourth-order valence-corrected chi connectivity index (χ4v) is 10.0. The van der Waals surface area contributed by atoms with Gasteiger partial charge in [-0.2, -0.15) is 0 Å². The van der Waals surface area contributed by atoms with Crippen LogP contribution >= 0.6 is 0 Å². The standard InChI is InChI=1S/C61H107NO18/c1-3-5-7-9-11-13-15-17-19-21-23-24-26-28-30-32-34-36-38-45(66)44(62-49(67)39-37-35-33-31-29-27-25-22-20-18-16-14-12-10-8-6-4-2)43-75-59-55(73)52(70)57(47(41-64)77-59)80-61-56(74)53(71)58(48(42-65)78-61)79-60-54(72)51(69)50(68)46(40-63)76-60/h6,8,12,14,18,20,28,30,36,38,44-48,50-61,63-66,68-74H,3-5,7,9-11,13,15-17,19,21-27,29,31-35,37,39-43H2,1-2H3,(H,62,67)/b8-6-,14-12-,20-18-,30-28+,38-36+. The number of aliphatic hydroxyl groups is 11. The molecule has 3 heterocycles. The second-order valence-electron chi connectivity index (χ2n) is 21.8. The van der Waals surface area contributed by atoms with Gasteiger partial charge in [-0.15, -0.1) is 0 Å². The SMILES string of the molecule is CC/C=C\C/C=C\C/C=C\CCCCCCCCCC(=O)NC(COC1OC(CO)C(OC2OC(CO)C(OC3OC(CO)C(O)C(O)C3O)C(O)C2O)C(O)C1O)C(O)/C=C/CC/C=C/CCCCCCCCCCCCCC. The molecule has 1 amide bonds. The molecule has 0 aromatic heterocycles. The van der Waals surface area contributed by atoms with Crippen LogP contribution in [0.1, 0.15) is 187 Å². The van der Waals surface area contributed by atoms with Crippen LogP contribution in [0.25, 0.3) is 0 Å². The molecular formula is C61H107NO18. The molecule has 3 saturated heterocycles. The van der Waals surface area contributed by atoms with Gasteiger partial charge in [-0.1, -0.05) is 177 Å². The van der Waals surface area contributed by atoms with Crippen LogP contribution in [0.3, 0.4) is 0 Å². The Balaban J connectivity index is 1.52. The Morgan fingerprint density at radius 3 is 1.40 bits per heavy atom. The maximum absolute atomic E-state index is 13.3. The number of ether oxygens (including phenoxy) is 6. The first-order valence-corrected chi connectivity index (χ1v) is 30.5. The smallest absolute Gasteiger partial charge is 0.220 e. The number of unbranched alkanes of at least 4 members (excludes halogenated alkanes) is 20. The van der Waals surface area contributed by atoms with Gasteiger partial charge in [0.05, 0.1) is 38.6 Å². The van der Waals surface area contributed by atoms with Crippen LogP contribution in [0.5, 0.6) is 0 Å². The average Bonchev–Trinajstić information content (AvgIpc) is 3.50. The number of carbonyl (C=O) groups is 1. The van der Waals surface area contributed by atoms with Crippen LogP contribution in [0, 0.1) is 0 Å². The van der Waals surface area contributed by atoms with Gasteiger partial charge in [0.25, 0.3) is 0 Å². The van der Waals surface area contributed by atoms with E-state index in [1.807, 2.05) is 6.08 Å². The van der Waals surface area contributed by atoms with E-state index in [9.17, 15) is 61.0 Å². The van der Waals surface area contributed by atoms with E-state index in [0.29, 0.717) is 12.8 Å². The number of aliphatic hydroxyl groups excluding tert-OH is 11. The summed E-state index contributed by atoms with van der Waals surface area (Å²) in [5.74, 6) is -0.298. The summed E-state index contributed by atoms with van der Waals surface area (Å²) < 4.78 is 34.2. The minimum atomic E-state index is -1.98. The van der Waals surface area contributed by atoms with Crippen LogP contribution in [-0.4, -0.2) is 193 Å². The van der Waals surface area contributed by atoms with Gasteiger partial charge in [0.2, 0.25) is 5.91 Å². The number of nitrogens with one attached hydrogen (secondary N) is 1. The highest BCUT2D eigenvalue weighted by Crippen LogP contribution is 2.33. The second-order valence-corrected chi connectivity index (χ2v) is 21.8. The van der Waals surface area contributed by atoms with Crippen molar-refractivity contribution in [3.8, 4) is 0 Å². The molecule has 3 aliphatic rings. The van der Waals surface area contributed by atoms with E-state index in [0.717, 1.165) is 83.5 Å². The third kappa shape index (κ3) is 27.5. The number of hydrogen-bond donors (Lipinski definition) is 12. The van der Waals surface area contributed by atoms with E-state index in [-0.39, 0.29) is 18.9 Å². The molecule has 0 saturated carbocycles. The largest absolute Gasteiger partial charge is 0.394 e. The van der Waals surface area contributed by atoms with Crippen molar-refractivity contribution in [2.45, 2.75) is 291 Å². The fraction of sp³-hybridized carbons (Fsp3) is 0.820. The molecule has 19 nitrogen and oxygen atoms in total. The molecule has 19 heteroatoms. The minimum absolute atomic E-state index is 0.222. The van der Waals surface area contributed by atoms with Crippen LogP contribution in [0.4, 0.5) is 0 Å². The topological polar surface area (TPSA) is 307 Å². The van der Waals surface area contributed by atoms with Gasteiger partial charge in [-0.3, -0.25) is 4.79 Å². The predicted octanol–water partition coefficient (Wildman–Crippen LogP) is 5.65. The van der Waals surface area contributed by atoms with Crippen molar-refractivity contribution in [3.05, 3.63) is 60.8 Å². The van der Waals surface area contributed by atoms with Gasteiger partial charge in [0.15, 0.2) is 18.9 Å². The number of hydrogen-bond acceptors (Lipinski definition) is 18. The zero-order valence-electron chi connectivity index (χ0n) is 48.3. The summed E-state index contributed by atoms with van der Waals surface area (Å²) in [4.78, 5) is 13.3. The quantitative estimate of drug-likeness (QED) is 0.0259. The summed E-state index contributed by atoms with van der Waals surface area (Å²) in [7, 11) is 0. The van der Waals surface area contributed by atoms with Crippen molar-refractivity contribution < 1.29 is 89.4 Å². The van der Waals surface area contributed by atoms with E-state index >= 15 is 0 Å². The van der Waals surface area contributed by atoms with Gasteiger partial charge < -0.3 is 89.9 Å². The molecule has 17 unspecified atom stereocenters. The molecule has 464 valence electrons.